The number of hydrogen-bond donors (Lipinski definition) is 0. The van der Waals surface area contributed by atoms with Gasteiger partial charge in [0.2, 0.25) is 0 Å². The van der Waals surface area contributed by atoms with Gasteiger partial charge in [-0.1, -0.05) is 176 Å². The summed E-state index contributed by atoms with van der Waals surface area (Å²) in [6.07, 6.45) is 0. The maximum absolute atomic E-state index is 7.01. The zero-order valence-corrected chi connectivity index (χ0v) is 31.6. The van der Waals surface area contributed by atoms with Crippen LogP contribution in [0.25, 0.3) is 98.1 Å². The zero-order chi connectivity index (χ0) is 38.2. The standard InChI is InChI=1S/C56H35NO/c1-4-17-41-36(13-1)16-11-24-42(41)38-27-30-40(31-28-38)57(54-26-12-25-50-51-32-29-37-14-2-6-19-44(37)55(51)58-56(50)54)53-34-33-48(46-21-9-10-23-49(46)53)52-35-39-15-3-5-18-43(39)45-20-7-8-22-47(45)52/h1-35H. The lowest BCUT2D eigenvalue weighted by Crippen LogP contribution is -2.11. The van der Waals surface area contributed by atoms with Crippen molar-refractivity contribution in [1.82, 2.24) is 0 Å². The van der Waals surface area contributed by atoms with Crippen LogP contribution in [-0.2, 0) is 0 Å². The van der Waals surface area contributed by atoms with Crippen molar-refractivity contribution in [3.05, 3.63) is 212 Å². The maximum Gasteiger partial charge on any atom is 0.159 e. The minimum Gasteiger partial charge on any atom is -0.453 e. The van der Waals surface area contributed by atoms with Crippen molar-refractivity contribution < 1.29 is 4.42 Å². The Kier molecular flexibility index (Phi) is 7.26. The lowest BCUT2D eigenvalue weighted by atomic mass is 9.90. The van der Waals surface area contributed by atoms with Crippen molar-refractivity contribution in [2.75, 3.05) is 4.90 Å². The molecule has 0 spiro atoms. The van der Waals surface area contributed by atoms with Crippen LogP contribution in [0.4, 0.5) is 17.1 Å². The Morgan fingerprint density at radius 3 is 1.64 bits per heavy atom. The quantitative estimate of drug-likeness (QED) is 0.164. The predicted octanol–water partition coefficient (Wildman–Crippen LogP) is 16.2. The number of hydrogen-bond acceptors (Lipinski definition) is 2. The van der Waals surface area contributed by atoms with Crippen molar-refractivity contribution in [2.24, 2.45) is 0 Å². The van der Waals surface area contributed by atoms with Gasteiger partial charge in [-0.2, -0.15) is 0 Å². The van der Waals surface area contributed by atoms with Gasteiger partial charge in [-0.3, -0.25) is 0 Å². The van der Waals surface area contributed by atoms with Crippen molar-refractivity contribution in [3.63, 3.8) is 0 Å². The number of para-hydroxylation sites is 1. The number of nitrogens with zero attached hydrogens (tertiary/aromatic N) is 1. The first-order valence-electron chi connectivity index (χ1n) is 19.9. The van der Waals surface area contributed by atoms with Crippen LogP contribution in [0.3, 0.4) is 0 Å². The first kappa shape index (κ1) is 32.6. The second kappa shape index (κ2) is 12.9. The molecule has 0 atom stereocenters. The SMILES string of the molecule is c1ccc2c(-c3ccc(N(c4ccc(-c5cc6ccccc6c6ccccc56)c5ccccc45)c4cccc5c4oc4c6ccccc6ccc54)cc3)cccc2c1. The summed E-state index contributed by atoms with van der Waals surface area (Å²) >= 11 is 0. The first-order valence-corrected chi connectivity index (χ1v) is 19.9. The molecule has 0 aliphatic heterocycles. The van der Waals surface area contributed by atoms with E-state index in [1.54, 1.807) is 0 Å². The smallest absolute Gasteiger partial charge is 0.159 e. The molecule has 0 saturated heterocycles. The lowest BCUT2D eigenvalue weighted by Gasteiger charge is -2.28. The van der Waals surface area contributed by atoms with Crippen molar-refractivity contribution in [1.29, 1.82) is 0 Å². The Labute approximate surface area is 335 Å². The van der Waals surface area contributed by atoms with E-state index in [-0.39, 0.29) is 0 Å². The molecule has 0 saturated carbocycles. The van der Waals surface area contributed by atoms with Gasteiger partial charge in [0.05, 0.1) is 11.4 Å². The molecule has 58 heavy (non-hydrogen) atoms. The molecule has 12 aromatic rings. The summed E-state index contributed by atoms with van der Waals surface area (Å²) in [5.41, 5.74) is 9.74. The summed E-state index contributed by atoms with van der Waals surface area (Å²) < 4.78 is 7.01. The van der Waals surface area contributed by atoms with Crippen LogP contribution < -0.4 is 4.90 Å². The van der Waals surface area contributed by atoms with E-state index in [0.717, 1.165) is 49.8 Å². The molecule has 0 unspecified atom stereocenters. The molecule has 1 aromatic heterocycles. The molecule has 0 aliphatic carbocycles. The summed E-state index contributed by atoms with van der Waals surface area (Å²) in [6.45, 7) is 0. The minimum atomic E-state index is 0.862. The molecular weight excluding hydrogens is 703 g/mol. The van der Waals surface area contributed by atoms with E-state index in [4.69, 9.17) is 4.42 Å². The molecule has 11 aromatic carbocycles. The van der Waals surface area contributed by atoms with Crippen LogP contribution >= 0.6 is 0 Å². The Hall–Kier alpha value is -7.68. The molecule has 0 fully saturated rings. The molecule has 0 aliphatic rings. The van der Waals surface area contributed by atoms with Gasteiger partial charge in [-0.25, -0.2) is 0 Å². The molecule has 270 valence electrons. The highest BCUT2D eigenvalue weighted by Gasteiger charge is 2.23. The average Bonchev–Trinajstić information content (AvgIpc) is 3.69. The minimum absolute atomic E-state index is 0.862. The van der Waals surface area contributed by atoms with E-state index in [1.807, 2.05) is 0 Å². The lowest BCUT2D eigenvalue weighted by molar-refractivity contribution is 0.673. The third kappa shape index (κ3) is 4.99. The molecule has 12 rings (SSSR count). The largest absolute Gasteiger partial charge is 0.453 e. The number of fused-ring (bicyclic) bond motifs is 10. The van der Waals surface area contributed by atoms with Crippen molar-refractivity contribution in [3.8, 4) is 22.3 Å². The monoisotopic (exact) mass is 737 g/mol. The van der Waals surface area contributed by atoms with Gasteiger partial charge in [-0.15, -0.1) is 0 Å². The summed E-state index contributed by atoms with van der Waals surface area (Å²) in [7, 11) is 0. The molecule has 2 heteroatoms. The van der Waals surface area contributed by atoms with E-state index < -0.39 is 0 Å². The molecule has 1 heterocycles. The third-order valence-corrected chi connectivity index (χ3v) is 12.0. The maximum atomic E-state index is 7.01. The van der Waals surface area contributed by atoms with Gasteiger partial charge in [0.15, 0.2) is 5.58 Å². The zero-order valence-electron chi connectivity index (χ0n) is 31.6. The van der Waals surface area contributed by atoms with Crippen LogP contribution in [0.15, 0.2) is 217 Å². The van der Waals surface area contributed by atoms with Gasteiger partial charge < -0.3 is 9.32 Å². The van der Waals surface area contributed by atoms with E-state index in [1.165, 1.54) is 65.3 Å². The Balaban J connectivity index is 1.11. The highest BCUT2D eigenvalue weighted by Crippen LogP contribution is 2.48. The molecule has 0 N–H and O–H groups in total. The highest BCUT2D eigenvalue weighted by molar-refractivity contribution is 6.20. The fraction of sp³-hybridized carbons (Fsp3) is 0. The van der Waals surface area contributed by atoms with Crippen LogP contribution in [0.1, 0.15) is 0 Å². The van der Waals surface area contributed by atoms with E-state index in [0.29, 0.717) is 0 Å². The summed E-state index contributed by atoms with van der Waals surface area (Å²) in [5, 5.41) is 14.4. The second-order valence-corrected chi connectivity index (χ2v) is 15.2. The molecule has 0 bridgehead atoms. The Bertz CT molecular complexity index is 3570. The van der Waals surface area contributed by atoms with Gasteiger partial charge in [-0.05, 0) is 102 Å². The van der Waals surface area contributed by atoms with Crippen molar-refractivity contribution in [2.45, 2.75) is 0 Å². The molecule has 0 amide bonds. The van der Waals surface area contributed by atoms with Crippen LogP contribution in [-0.4, -0.2) is 0 Å². The van der Waals surface area contributed by atoms with E-state index in [2.05, 4.69) is 217 Å². The first-order chi connectivity index (χ1) is 28.8. The highest BCUT2D eigenvalue weighted by atomic mass is 16.3. The fourth-order valence-corrected chi connectivity index (χ4v) is 9.35. The van der Waals surface area contributed by atoms with Gasteiger partial charge >= 0.3 is 0 Å². The van der Waals surface area contributed by atoms with Gasteiger partial charge in [0.1, 0.15) is 5.58 Å². The molecular formula is C56H35NO. The van der Waals surface area contributed by atoms with E-state index in [9.17, 15) is 0 Å². The van der Waals surface area contributed by atoms with Gasteiger partial charge in [0.25, 0.3) is 0 Å². The number of anilines is 3. The number of rotatable bonds is 5. The summed E-state index contributed by atoms with van der Waals surface area (Å²) in [6, 6.07) is 77.0. The predicted molar refractivity (Wildman–Crippen MR) is 247 cm³/mol. The number of furan rings is 1. The summed E-state index contributed by atoms with van der Waals surface area (Å²) in [4.78, 5) is 2.39. The topological polar surface area (TPSA) is 16.4 Å². The van der Waals surface area contributed by atoms with Crippen LogP contribution in [0.5, 0.6) is 0 Å². The molecule has 0 radical (unpaired) electrons. The Morgan fingerprint density at radius 1 is 0.276 bits per heavy atom. The third-order valence-electron chi connectivity index (χ3n) is 12.0. The van der Waals surface area contributed by atoms with Crippen LogP contribution in [0.2, 0.25) is 0 Å². The van der Waals surface area contributed by atoms with Crippen molar-refractivity contribution >= 4 is 92.9 Å². The average molecular weight is 738 g/mol. The summed E-state index contributed by atoms with van der Waals surface area (Å²) in [5.74, 6) is 0. The van der Waals surface area contributed by atoms with Crippen LogP contribution in [0, 0.1) is 0 Å². The second-order valence-electron chi connectivity index (χ2n) is 15.2. The Morgan fingerprint density at radius 2 is 0.845 bits per heavy atom. The normalized spacial score (nSPS) is 11.8. The van der Waals surface area contributed by atoms with Gasteiger partial charge in [0, 0.05) is 27.2 Å². The van der Waals surface area contributed by atoms with E-state index >= 15 is 0 Å². The number of benzene rings is 11. The fourth-order valence-electron chi connectivity index (χ4n) is 9.35. The molecule has 2 nitrogen and oxygen atoms in total.